The second-order valence-corrected chi connectivity index (χ2v) is 7.82. The normalized spacial score (nSPS) is 28.0. The van der Waals surface area contributed by atoms with Crippen LogP contribution in [0.15, 0.2) is 36.4 Å². The van der Waals surface area contributed by atoms with E-state index in [1.54, 1.807) is 31.3 Å². The highest BCUT2D eigenvalue weighted by Crippen LogP contribution is 2.52. The van der Waals surface area contributed by atoms with Crippen LogP contribution in [-0.4, -0.2) is 54.3 Å². The molecule has 1 aromatic carbocycles. The van der Waals surface area contributed by atoms with Gasteiger partial charge >= 0.3 is 0 Å². The molecular formula is C20H21ClN2O4. The number of likely N-dealkylation sites (tertiary alicyclic amines) is 1. The van der Waals surface area contributed by atoms with Gasteiger partial charge in [0.05, 0.1) is 18.4 Å². The number of likely N-dealkylation sites (N-methyl/N-ethyl adjacent to an activating group) is 1. The molecular weight excluding hydrogens is 368 g/mol. The number of ether oxygens (including phenoxy) is 1. The van der Waals surface area contributed by atoms with Crippen molar-refractivity contribution in [3.63, 3.8) is 0 Å². The largest absolute Gasteiger partial charge is 0.492 e. The van der Waals surface area contributed by atoms with Crippen molar-refractivity contribution in [1.29, 1.82) is 0 Å². The summed E-state index contributed by atoms with van der Waals surface area (Å²) in [5.41, 5.74) is 0. The molecule has 0 spiro atoms. The van der Waals surface area contributed by atoms with Crippen LogP contribution in [0.3, 0.4) is 0 Å². The molecule has 3 amide bonds. The summed E-state index contributed by atoms with van der Waals surface area (Å²) in [4.78, 5) is 40.4. The number of allylic oxidation sites excluding steroid dienone is 2. The van der Waals surface area contributed by atoms with E-state index < -0.39 is 0 Å². The topological polar surface area (TPSA) is 66.9 Å². The summed E-state index contributed by atoms with van der Waals surface area (Å²) >= 11 is 5.91. The Labute approximate surface area is 162 Å². The van der Waals surface area contributed by atoms with Gasteiger partial charge in [0.2, 0.25) is 17.7 Å². The number of imide groups is 1. The van der Waals surface area contributed by atoms with Crippen molar-refractivity contribution in [1.82, 2.24) is 9.80 Å². The first-order valence-electron chi connectivity index (χ1n) is 9.11. The van der Waals surface area contributed by atoms with Gasteiger partial charge in [-0.1, -0.05) is 29.8 Å². The van der Waals surface area contributed by atoms with Crippen molar-refractivity contribution < 1.29 is 19.1 Å². The van der Waals surface area contributed by atoms with Gasteiger partial charge in [-0.2, -0.15) is 0 Å². The third-order valence-electron chi connectivity index (χ3n) is 5.77. The van der Waals surface area contributed by atoms with Gasteiger partial charge in [0.15, 0.2) is 0 Å². The van der Waals surface area contributed by atoms with E-state index in [2.05, 4.69) is 0 Å². The van der Waals surface area contributed by atoms with Crippen LogP contribution in [0.2, 0.25) is 5.02 Å². The smallest absolute Gasteiger partial charge is 0.242 e. The average molecular weight is 389 g/mol. The average Bonchev–Trinajstić information content (AvgIpc) is 3.31. The maximum absolute atomic E-state index is 12.6. The van der Waals surface area contributed by atoms with Crippen LogP contribution in [0, 0.1) is 23.7 Å². The summed E-state index contributed by atoms with van der Waals surface area (Å²) in [5, 5.41) is 0.581. The molecule has 0 N–H and O–H groups in total. The van der Waals surface area contributed by atoms with Crippen molar-refractivity contribution in [2.75, 3.05) is 26.7 Å². The van der Waals surface area contributed by atoms with Gasteiger partial charge in [0.25, 0.3) is 0 Å². The van der Waals surface area contributed by atoms with Gasteiger partial charge in [0, 0.05) is 12.1 Å². The van der Waals surface area contributed by atoms with E-state index >= 15 is 0 Å². The lowest BCUT2D eigenvalue weighted by Crippen LogP contribution is -2.43. The van der Waals surface area contributed by atoms with Crippen LogP contribution >= 0.6 is 11.6 Å². The van der Waals surface area contributed by atoms with Gasteiger partial charge in [-0.3, -0.25) is 19.3 Å². The highest BCUT2D eigenvalue weighted by atomic mass is 35.5. The first-order valence-corrected chi connectivity index (χ1v) is 9.49. The molecule has 2 bridgehead atoms. The summed E-state index contributed by atoms with van der Waals surface area (Å²) in [7, 11) is 1.64. The number of halogens is 1. The molecule has 0 radical (unpaired) electrons. The van der Waals surface area contributed by atoms with E-state index in [0.29, 0.717) is 23.9 Å². The summed E-state index contributed by atoms with van der Waals surface area (Å²) in [6.45, 7) is 0.447. The fraction of sp³-hybridized carbons (Fsp3) is 0.450. The molecule has 1 aromatic rings. The fourth-order valence-electron chi connectivity index (χ4n) is 4.36. The number of fused-ring (bicyclic) bond motifs is 5. The quantitative estimate of drug-likeness (QED) is 0.552. The highest BCUT2D eigenvalue weighted by Gasteiger charge is 2.59. The molecule has 142 valence electrons. The molecule has 2 fully saturated rings. The maximum Gasteiger partial charge on any atom is 0.242 e. The van der Waals surface area contributed by atoms with Crippen LogP contribution in [0.5, 0.6) is 5.75 Å². The zero-order valence-electron chi connectivity index (χ0n) is 15.0. The monoisotopic (exact) mass is 388 g/mol. The minimum atomic E-state index is -0.272. The Balaban J connectivity index is 1.30. The van der Waals surface area contributed by atoms with Crippen molar-refractivity contribution >= 4 is 29.3 Å². The second kappa shape index (κ2) is 7.00. The molecule has 4 rings (SSSR count). The predicted octanol–water partition coefficient (Wildman–Crippen LogP) is 1.98. The van der Waals surface area contributed by atoms with Crippen molar-refractivity contribution in [3.05, 3.63) is 41.4 Å². The lowest BCUT2D eigenvalue weighted by Gasteiger charge is -2.22. The number of hydrogen-bond acceptors (Lipinski definition) is 4. The van der Waals surface area contributed by atoms with Gasteiger partial charge in [-0.15, -0.1) is 0 Å². The molecule has 6 nitrogen and oxygen atoms in total. The van der Waals surface area contributed by atoms with E-state index in [1.165, 1.54) is 4.90 Å². The van der Waals surface area contributed by atoms with E-state index in [-0.39, 0.29) is 47.9 Å². The molecule has 2 aliphatic carbocycles. The Morgan fingerprint density at radius 3 is 2.52 bits per heavy atom. The van der Waals surface area contributed by atoms with Crippen LogP contribution in [-0.2, 0) is 14.4 Å². The third kappa shape index (κ3) is 3.23. The molecule has 0 aromatic heterocycles. The third-order valence-corrected chi connectivity index (χ3v) is 6.01. The number of hydrogen-bond donors (Lipinski definition) is 0. The van der Waals surface area contributed by atoms with Crippen molar-refractivity contribution in [2.24, 2.45) is 23.7 Å². The van der Waals surface area contributed by atoms with Gasteiger partial charge < -0.3 is 9.64 Å². The minimum Gasteiger partial charge on any atom is -0.492 e. The van der Waals surface area contributed by atoms with E-state index in [9.17, 15) is 14.4 Å². The van der Waals surface area contributed by atoms with Gasteiger partial charge in [-0.25, -0.2) is 0 Å². The lowest BCUT2D eigenvalue weighted by atomic mass is 9.85. The molecule has 1 saturated carbocycles. The number of rotatable bonds is 6. The Hall–Kier alpha value is -2.34. The number of amides is 3. The van der Waals surface area contributed by atoms with Crippen molar-refractivity contribution in [3.8, 4) is 5.75 Å². The first-order chi connectivity index (χ1) is 13.0. The first kappa shape index (κ1) is 18.0. The molecule has 1 heterocycles. The lowest BCUT2D eigenvalue weighted by molar-refractivity contribution is -0.146. The van der Waals surface area contributed by atoms with E-state index in [1.807, 2.05) is 12.2 Å². The van der Waals surface area contributed by atoms with Gasteiger partial charge in [-0.05, 0) is 36.5 Å². The molecule has 1 aliphatic heterocycles. The number of nitrogens with zero attached hydrogens (tertiary/aromatic N) is 2. The number of benzene rings is 1. The summed E-state index contributed by atoms with van der Waals surface area (Å²) in [6.07, 6.45) is 4.97. The zero-order valence-corrected chi connectivity index (χ0v) is 15.8. The summed E-state index contributed by atoms with van der Waals surface area (Å²) in [6, 6.07) is 7.03. The molecule has 4 atom stereocenters. The van der Waals surface area contributed by atoms with Crippen LogP contribution < -0.4 is 4.74 Å². The standard InChI is InChI=1S/C20H21ClN2O4/c1-22(7-8-27-15-4-2-3-14(21)10-15)16(24)11-23-19(25)17-12-5-6-13(9-12)18(17)20(23)26/h2-6,10,12-13,17-18H,7-9,11H2,1H3. The predicted molar refractivity (Wildman–Crippen MR) is 99.0 cm³/mol. The van der Waals surface area contributed by atoms with E-state index in [0.717, 1.165) is 11.3 Å². The zero-order chi connectivity index (χ0) is 19.1. The highest BCUT2D eigenvalue weighted by molar-refractivity contribution is 6.30. The molecule has 4 unspecified atom stereocenters. The second-order valence-electron chi connectivity index (χ2n) is 7.38. The molecule has 1 saturated heterocycles. The fourth-order valence-corrected chi connectivity index (χ4v) is 4.54. The van der Waals surface area contributed by atoms with Crippen LogP contribution in [0.1, 0.15) is 6.42 Å². The van der Waals surface area contributed by atoms with Crippen LogP contribution in [0.25, 0.3) is 0 Å². The van der Waals surface area contributed by atoms with Crippen molar-refractivity contribution in [2.45, 2.75) is 6.42 Å². The van der Waals surface area contributed by atoms with Gasteiger partial charge in [0.1, 0.15) is 18.9 Å². The molecule has 3 aliphatic rings. The van der Waals surface area contributed by atoms with E-state index in [4.69, 9.17) is 16.3 Å². The summed E-state index contributed by atoms with van der Waals surface area (Å²) < 4.78 is 5.58. The number of carbonyl (C=O) groups excluding carboxylic acids is 3. The molecule has 7 heteroatoms. The Morgan fingerprint density at radius 1 is 1.22 bits per heavy atom. The number of carbonyl (C=O) groups is 3. The molecule has 27 heavy (non-hydrogen) atoms. The Bertz CT molecular complexity index is 794. The Morgan fingerprint density at radius 2 is 1.89 bits per heavy atom. The summed E-state index contributed by atoms with van der Waals surface area (Å²) in [5.74, 6) is -0.262. The maximum atomic E-state index is 12.6. The Kier molecular flexibility index (Phi) is 4.68. The minimum absolute atomic E-state index is 0.153. The van der Waals surface area contributed by atoms with Crippen LogP contribution in [0.4, 0.5) is 0 Å². The SMILES string of the molecule is CN(CCOc1cccc(Cl)c1)C(=O)CN1C(=O)C2C3C=CC(C3)C2C1=O.